The van der Waals surface area contributed by atoms with E-state index in [1.54, 1.807) is 24.6 Å². The average molecular weight is 314 g/mol. The molecule has 0 aliphatic carbocycles. The molecule has 112 valence electrons. The highest BCUT2D eigenvalue weighted by Gasteiger charge is 2.12. The van der Waals surface area contributed by atoms with Gasteiger partial charge in [-0.15, -0.1) is 16.4 Å². The third-order valence-corrected chi connectivity index (χ3v) is 3.82. The van der Waals surface area contributed by atoms with Crippen LogP contribution in [0.1, 0.15) is 6.92 Å². The van der Waals surface area contributed by atoms with E-state index in [0.29, 0.717) is 10.9 Å². The number of hydrogen-bond acceptors (Lipinski definition) is 5. The summed E-state index contributed by atoms with van der Waals surface area (Å²) in [6.07, 6.45) is 3.09. The third-order valence-electron chi connectivity index (χ3n) is 3.00. The Morgan fingerprint density at radius 2 is 2.32 bits per heavy atom. The van der Waals surface area contributed by atoms with E-state index in [4.69, 9.17) is 4.74 Å². The quantitative estimate of drug-likeness (QED) is 0.752. The van der Waals surface area contributed by atoms with E-state index >= 15 is 0 Å². The SMILES string of the molecule is C/C=C/C(=O)Nc1nc2scc(-c3cccc(OC)c3)n2n1. The van der Waals surface area contributed by atoms with Crippen LogP contribution in [0, 0.1) is 0 Å². The molecular formula is C15H14N4O2S. The Balaban J connectivity index is 1.97. The first-order valence-corrected chi connectivity index (χ1v) is 7.51. The summed E-state index contributed by atoms with van der Waals surface area (Å²) in [5.74, 6) is 0.821. The molecule has 1 amide bonds. The number of amides is 1. The zero-order valence-electron chi connectivity index (χ0n) is 12.1. The Labute approximate surface area is 131 Å². The van der Waals surface area contributed by atoms with Crippen molar-refractivity contribution < 1.29 is 9.53 Å². The predicted octanol–water partition coefficient (Wildman–Crippen LogP) is 2.98. The van der Waals surface area contributed by atoms with Crippen LogP contribution in [0.4, 0.5) is 5.95 Å². The lowest BCUT2D eigenvalue weighted by Crippen LogP contribution is -2.09. The molecule has 0 spiro atoms. The maximum Gasteiger partial charge on any atom is 0.250 e. The molecule has 0 radical (unpaired) electrons. The average Bonchev–Trinajstić information content (AvgIpc) is 3.07. The van der Waals surface area contributed by atoms with Gasteiger partial charge in [0.25, 0.3) is 5.95 Å². The molecule has 0 aliphatic rings. The van der Waals surface area contributed by atoms with Gasteiger partial charge in [-0.05, 0) is 25.1 Å². The Bertz CT molecular complexity index is 850. The van der Waals surface area contributed by atoms with Gasteiger partial charge in [0.05, 0.1) is 12.8 Å². The van der Waals surface area contributed by atoms with Crippen molar-refractivity contribution in [2.24, 2.45) is 0 Å². The van der Waals surface area contributed by atoms with Crippen LogP contribution in [0.5, 0.6) is 5.75 Å². The third kappa shape index (κ3) is 2.71. The molecule has 22 heavy (non-hydrogen) atoms. The molecular weight excluding hydrogens is 300 g/mol. The normalized spacial score (nSPS) is 11.2. The molecule has 3 aromatic rings. The summed E-state index contributed by atoms with van der Waals surface area (Å²) in [5, 5.41) is 8.94. The molecule has 7 heteroatoms. The molecule has 1 N–H and O–H groups in total. The van der Waals surface area contributed by atoms with Gasteiger partial charge < -0.3 is 4.74 Å². The lowest BCUT2D eigenvalue weighted by molar-refractivity contribution is -0.111. The van der Waals surface area contributed by atoms with E-state index in [9.17, 15) is 4.79 Å². The zero-order chi connectivity index (χ0) is 15.5. The van der Waals surface area contributed by atoms with Crippen molar-refractivity contribution in [2.45, 2.75) is 6.92 Å². The topological polar surface area (TPSA) is 68.5 Å². The first kappa shape index (κ1) is 14.3. The van der Waals surface area contributed by atoms with Gasteiger partial charge in [0.1, 0.15) is 5.75 Å². The molecule has 2 heterocycles. The number of thiazole rings is 1. The summed E-state index contributed by atoms with van der Waals surface area (Å²) in [4.78, 5) is 16.6. The van der Waals surface area contributed by atoms with Crippen molar-refractivity contribution in [1.82, 2.24) is 14.6 Å². The van der Waals surface area contributed by atoms with Crippen LogP contribution in [-0.4, -0.2) is 27.6 Å². The molecule has 0 unspecified atom stereocenters. The molecule has 0 bridgehead atoms. The lowest BCUT2D eigenvalue weighted by Gasteiger charge is -2.02. The lowest BCUT2D eigenvalue weighted by atomic mass is 10.2. The van der Waals surface area contributed by atoms with Crippen LogP contribution in [-0.2, 0) is 4.79 Å². The minimum absolute atomic E-state index is 0.247. The Morgan fingerprint density at radius 1 is 1.45 bits per heavy atom. The molecule has 0 saturated carbocycles. The number of aromatic nitrogens is 3. The predicted molar refractivity (Wildman–Crippen MR) is 86.3 cm³/mol. The Hall–Kier alpha value is -2.67. The molecule has 0 saturated heterocycles. The number of ether oxygens (including phenoxy) is 1. The zero-order valence-corrected chi connectivity index (χ0v) is 12.9. The van der Waals surface area contributed by atoms with Crippen molar-refractivity contribution in [2.75, 3.05) is 12.4 Å². The summed E-state index contributed by atoms with van der Waals surface area (Å²) in [6, 6.07) is 7.71. The van der Waals surface area contributed by atoms with Gasteiger partial charge in [-0.1, -0.05) is 18.2 Å². The fourth-order valence-corrected chi connectivity index (χ4v) is 2.85. The van der Waals surface area contributed by atoms with E-state index in [2.05, 4.69) is 15.4 Å². The van der Waals surface area contributed by atoms with Crippen molar-refractivity contribution in [3.63, 3.8) is 0 Å². The highest BCUT2D eigenvalue weighted by molar-refractivity contribution is 7.15. The Kier molecular flexibility index (Phi) is 3.88. The van der Waals surface area contributed by atoms with Gasteiger partial charge >= 0.3 is 0 Å². The van der Waals surface area contributed by atoms with Crippen molar-refractivity contribution >= 4 is 28.2 Å². The number of hydrogen-bond donors (Lipinski definition) is 1. The summed E-state index contributed by atoms with van der Waals surface area (Å²) in [7, 11) is 1.63. The van der Waals surface area contributed by atoms with Gasteiger partial charge in [0, 0.05) is 10.9 Å². The second kappa shape index (κ2) is 5.98. The fraction of sp³-hybridized carbons (Fsp3) is 0.133. The number of carbonyl (C=O) groups is 1. The summed E-state index contributed by atoms with van der Waals surface area (Å²) in [5.41, 5.74) is 1.87. The van der Waals surface area contributed by atoms with Gasteiger partial charge in [-0.2, -0.15) is 4.98 Å². The second-order valence-corrected chi connectivity index (χ2v) is 5.31. The first-order valence-electron chi connectivity index (χ1n) is 6.63. The number of carbonyl (C=O) groups excluding carboxylic acids is 1. The van der Waals surface area contributed by atoms with Crippen molar-refractivity contribution in [1.29, 1.82) is 0 Å². The molecule has 3 rings (SSSR count). The first-order chi connectivity index (χ1) is 10.7. The van der Waals surface area contributed by atoms with Gasteiger partial charge in [0.15, 0.2) is 0 Å². The van der Waals surface area contributed by atoms with Crippen LogP contribution < -0.4 is 10.1 Å². The number of rotatable bonds is 4. The van der Waals surface area contributed by atoms with E-state index in [1.165, 1.54) is 17.4 Å². The summed E-state index contributed by atoms with van der Waals surface area (Å²) >= 11 is 1.46. The van der Waals surface area contributed by atoms with Crippen LogP contribution in [0.15, 0.2) is 41.8 Å². The van der Waals surface area contributed by atoms with Gasteiger partial charge in [0.2, 0.25) is 10.9 Å². The number of anilines is 1. The van der Waals surface area contributed by atoms with Crippen molar-refractivity contribution in [3.05, 3.63) is 41.8 Å². The molecule has 0 aliphatic heterocycles. The summed E-state index contributed by atoms with van der Waals surface area (Å²) in [6.45, 7) is 1.78. The van der Waals surface area contributed by atoms with E-state index in [-0.39, 0.29) is 5.91 Å². The number of nitrogens with zero attached hydrogens (tertiary/aromatic N) is 3. The van der Waals surface area contributed by atoms with Gasteiger partial charge in [-0.3, -0.25) is 10.1 Å². The van der Waals surface area contributed by atoms with Crippen molar-refractivity contribution in [3.8, 4) is 17.0 Å². The number of benzene rings is 1. The van der Waals surface area contributed by atoms with E-state index in [1.807, 2.05) is 29.6 Å². The van der Waals surface area contributed by atoms with E-state index in [0.717, 1.165) is 17.0 Å². The Morgan fingerprint density at radius 3 is 3.09 bits per heavy atom. The number of nitrogens with one attached hydrogen (secondary N) is 1. The number of fused-ring (bicyclic) bond motifs is 1. The monoisotopic (exact) mass is 314 g/mol. The molecule has 0 fully saturated rings. The standard InChI is InChI=1S/C15H14N4O2S/c1-3-5-13(20)16-14-17-15-19(18-14)12(9-22-15)10-6-4-7-11(8-10)21-2/h3-9H,1-2H3,(H,16,18,20)/b5-3+. The van der Waals surface area contributed by atoms with Crippen LogP contribution in [0.2, 0.25) is 0 Å². The highest BCUT2D eigenvalue weighted by atomic mass is 32.1. The maximum atomic E-state index is 11.5. The van der Waals surface area contributed by atoms with Gasteiger partial charge in [-0.25, -0.2) is 4.52 Å². The smallest absolute Gasteiger partial charge is 0.250 e. The number of allylic oxidation sites excluding steroid dienone is 1. The fourth-order valence-electron chi connectivity index (χ4n) is 2.02. The van der Waals surface area contributed by atoms with Crippen LogP contribution >= 0.6 is 11.3 Å². The van der Waals surface area contributed by atoms with Crippen LogP contribution in [0.25, 0.3) is 16.2 Å². The maximum absolute atomic E-state index is 11.5. The molecule has 2 aromatic heterocycles. The minimum Gasteiger partial charge on any atom is -0.497 e. The van der Waals surface area contributed by atoms with E-state index < -0.39 is 0 Å². The second-order valence-electron chi connectivity index (χ2n) is 4.47. The largest absolute Gasteiger partial charge is 0.497 e. The summed E-state index contributed by atoms with van der Waals surface area (Å²) < 4.78 is 6.96. The molecule has 1 aromatic carbocycles. The molecule has 0 atom stereocenters. The highest BCUT2D eigenvalue weighted by Crippen LogP contribution is 2.28. The van der Waals surface area contributed by atoms with Crippen LogP contribution in [0.3, 0.4) is 0 Å². The number of methoxy groups -OCH3 is 1. The minimum atomic E-state index is -0.247. The molecule has 6 nitrogen and oxygen atoms in total.